The third kappa shape index (κ3) is 1.62. The van der Waals surface area contributed by atoms with E-state index < -0.39 is 0 Å². The molecule has 0 saturated carbocycles. The monoisotopic (exact) mass is 133 g/mol. The Bertz CT molecular complexity index is 223. The predicted octanol–water partition coefficient (Wildman–Crippen LogP) is 0.824. The maximum Gasteiger partial charge on any atom is 0.153 e. The highest BCUT2D eigenvalue weighted by Gasteiger charge is 1.93. The maximum atomic E-state index is 10.1. The van der Waals surface area contributed by atoms with Gasteiger partial charge in [-0.25, -0.2) is 0 Å². The molecule has 3 heteroatoms. The summed E-state index contributed by atoms with van der Waals surface area (Å²) in [6.07, 6.45) is 0.620. The number of carbonyl (C=O) groups is 1. The molecule has 49 valence electrons. The molecular formula is C7H6BO2. The first kappa shape index (κ1) is 8.75. The van der Waals surface area contributed by atoms with Gasteiger partial charge in [0.2, 0.25) is 0 Å². The van der Waals surface area contributed by atoms with Crippen LogP contribution in [-0.2, 0) is 0 Å². The van der Waals surface area contributed by atoms with Gasteiger partial charge < -0.3 is 5.11 Å². The summed E-state index contributed by atoms with van der Waals surface area (Å²) in [6, 6.07) is 6.40. The number of benzene rings is 1. The minimum absolute atomic E-state index is 0. The van der Waals surface area contributed by atoms with Gasteiger partial charge in [-0.2, -0.15) is 0 Å². The number of hydrogen-bond acceptors (Lipinski definition) is 2. The van der Waals surface area contributed by atoms with Crippen molar-refractivity contribution in [1.82, 2.24) is 0 Å². The van der Waals surface area contributed by atoms with Crippen molar-refractivity contribution in [2.75, 3.05) is 0 Å². The van der Waals surface area contributed by atoms with E-state index in [1.807, 2.05) is 0 Å². The Morgan fingerprint density at radius 1 is 1.30 bits per heavy atom. The number of aromatic hydroxyl groups is 1. The van der Waals surface area contributed by atoms with Crippen LogP contribution in [0.3, 0.4) is 0 Å². The van der Waals surface area contributed by atoms with Crippen molar-refractivity contribution in [3.8, 4) is 5.75 Å². The second kappa shape index (κ2) is 3.72. The Hall–Kier alpha value is -1.25. The molecule has 1 aromatic carbocycles. The molecule has 0 aromatic heterocycles. The minimum Gasteiger partial charge on any atom is -0.507 e. The first-order valence-corrected chi connectivity index (χ1v) is 2.58. The van der Waals surface area contributed by atoms with Crippen molar-refractivity contribution in [2.24, 2.45) is 0 Å². The Labute approximate surface area is 61.1 Å². The van der Waals surface area contributed by atoms with Crippen LogP contribution in [0, 0.1) is 0 Å². The van der Waals surface area contributed by atoms with Gasteiger partial charge in [-0.3, -0.25) is 4.79 Å². The van der Waals surface area contributed by atoms with Crippen molar-refractivity contribution >= 4 is 14.7 Å². The SMILES string of the molecule is O=Cc1ccccc1O.[B]. The lowest BCUT2D eigenvalue weighted by atomic mass is 10.2. The molecule has 2 nitrogen and oxygen atoms in total. The average Bonchev–Trinajstić information content (AvgIpc) is 1.89. The number of hydrogen-bond donors (Lipinski definition) is 1. The molecule has 0 atom stereocenters. The lowest BCUT2D eigenvalue weighted by Gasteiger charge is -1.91. The molecule has 1 rings (SSSR count). The van der Waals surface area contributed by atoms with E-state index in [2.05, 4.69) is 0 Å². The molecule has 0 saturated heterocycles. The summed E-state index contributed by atoms with van der Waals surface area (Å²) in [6.45, 7) is 0. The van der Waals surface area contributed by atoms with Crippen LogP contribution < -0.4 is 0 Å². The summed E-state index contributed by atoms with van der Waals surface area (Å²) >= 11 is 0. The van der Waals surface area contributed by atoms with Crippen molar-refractivity contribution in [2.45, 2.75) is 0 Å². The molecule has 0 heterocycles. The van der Waals surface area contributed by atoms with Crippen molar-refractivity contribution < 1.29 is 9.90 Å². The maximum absolute atomic E-state index is 10.1. The fourth-order valence-corrected chi connectivity index (χ4v) is 0.587. The molecule has 10 heavy (non-hydrogen) atoms. The van der Waals surface area contributed by atoms with Gasteiger partial charge in [-0.1, -0.05) is 12.1 Å². The molecule has 3 radical (unpaired) electrons. The molecule has 0 amide bonds. The van der Waals surface area contributed by atoms with E-state index in [9.17, 15) is 4.79 Å². The Morgan fingerprint density at radius 3 is 2.30 bits per heavy atom. The first-order valence-electron chi connectivity index (χ1n) is 2.58. The molecule has 0 aliphatic rings. The van der Waals surface area contributed by atoms with Crippen molar-refractivity contribution in [3.63, 3.8) is 0 Å². The highest BCUT2D eigenvalue weighted by atomic mass is 16.3. The summed E-state index contributed by atoms with van der Waals surface area (Å²) < 4.78 is 0. The predicted molar refractivity (Wildman–Crippen MR) is 39.2 cm³/mol. The molecule has 0 aliphatic heterocycles. The summed E-state index contributed by atoms with van der Waals surface area (Å²) in [7, 11) is 0. The van der Waals surface area contributed by atoms with Gasteiger partial charge in [0, 0.05) is 8.41 Å². The van der Waals surface area contributed by atoms with Crippen LogP contribution in [0.5, 0.6) is 5.75 Å². The standard InChI is InChI=1S/C7H6O2.B/c8-5-6-3-1-2-4-7(6)9;/h1-5,9H;. The Balaban J connectivity index is 0.000000810. The molecule has 0 unspecified atom stereocenters. The topological polar surface area (TPSA) is 37.3 Å². The van der Waals surface area contributed by atoms with E-state index >= 15 is 0 Å². The third-order valence-electron chi connectivity index (χ3n) is 1.06. The van der Waals surface area contributed by atoms with E-state index in [4.69, 9.17) is 5.11 Å². The molecule has 0 aliphatic carbocycles. The number of carbonyl (C=O) groups excluding carboxylic acids is 1. The van der Waals surface area contributed by atoms with E-state index in [0.29, 0.717) is 11.8 Å². The number of para-hydroxylation sites is 1. The van der Waals surface area contributed by atoms with Gasteiger partial charge in [-0.15, -0.1) is 0 Å². The van der Waals surface area contributed by atoms with Crippen molar-refractivity contribution in [3.05, 3.63) is 29.8 Å². The number of phenols is 1. The van der Waals surface area contributed by atoms with Crippen LogP contribution >= 0.6 is 0 Å². The molecule has 0 spiro atoms. The lowest BCUT2D eigenvalue weighted by Crippen LogP contribution is -1.77. The highest BCUT2D eigenvalue weighted by molar-refractivity contribution is 5.78. The number of phenolic OH excluding ortho intramolecular Hbond substituents is 1. The highest BCUT2D eigenvalue weighted by Crippen LogP contribution is 2.11. The van der Waals surface area contributed by atoms with Crippen LogP contribution in [0.15, 0.2) is 24.3 Å². The minimum atomic E-state index is 0. The van der Waals surface area contributed by atoms with Crippen LogP contribution in [-0.4, -0.2) is 19.8 Å². The summed E-state index contributed by atoms with van der Waals surface area (Å²) in [5.74, 6) is 0.0347. The first-order chi connectivity index (χ1) is 4.34. The van der Waals surface area contributed by atoms with Gasteiger partial charge in [0.15, 0.2) is 6.29 Å². The van der Waals surface area contributed by atoms with Crippen molar-refractivity contribution in [1.29, 1.82) is 0 Å². The summed E-state index contributed by atoms with van der Waals surface area (Å²) in [5, 5.41) is 8.88. The van der Waals surface area contributed by atoms with E-state index in [1.165, 1.54) is 6.07 Å². The fraction of sp³-hybridized carbons (Fsp3) is 0. The smallest absolute Gasteiger partial charge is 0.153 e. The molecule has 0 fully saturated rings. The van der Waals surface area contributed by atoms with E-state index in [-0.39, 0.29) is 14.2 Å². The summed E-state index contributed by atoms with van der Waals surface area (Å²) in [4.78, 5) is 10.1. The molecular weight excluding hydrogens is 127 g/mol. The van der Waals surface area contributed by atoms with Gasteiger partial charge in [-0.05, 0) is 12.1 Å². The van der Waals surface area contributed by atoms with Gasteiger partial charge in [0.25, 0.3) is 0 Å². The normalized spacial score (nSPS) is 8.00. The largest absolute Gasteiger partial charge is 0.507 e. The summed E-state index contributed by atoms with van der Waals surface area (Å²) in [5.41, 5.74) is 0.331. The van der Waals surface area contributed by atoms with E-state index in [0.717, 1.165) is 0 Å². The zero-order valence-corrected chi connectivity index (χ0v) is 5.32. The zero-order valence-electron chi connectivity index (χ0n) is 5.32. The van der Waals surface area contributed by atoms with Gasteiger partial charge in [0.1, 0.15) is 5.75 Å². The zero-order chi connectivity index (χ0) is 6.69. The van der Waals surface area contributed by atoms with Crippen LogP contribution in [0.1, 0.15) is 10.4 Å². The number of rotatable bonds is 1. The quantitative estimate of drug-likeness (QED) is 0.454. The number of aldehydes is 1. The molecule has 1 aromatic rings. The molecule has 1 N–H and O–H groups in total. The Kier molecular flexibility index (Phi) is 3.26. The van der Waals surface area contributed by atoms with Crippen LogP contribution in [0.4, 0.5) is 0 Å². The fourth-order valence-electron chi connectivity index (χ4n) is 0.587. The van der Waals surface area contributed by atoms with Crippen LogP contribution in [0.2, 0.25) is 0 Å². The van der Waals surface area contributed by atoms with Gasteiger partial charge in [0.05, 0.1) is 5.56 Å². The second-order valence-electron chi connectivity index (χ2n) is 1.68. The second-order valence-corrected chi connectivity index (χ2v) is 1.68. The van der Waals surface area contributed by atoms with Crippen LogP contribution in [0.25, 0.3) is 0 Å². The lowest BCUT2D eigenvalue weighted by molar-refractivity contribution is 0.112. The van der Waals surface area contributed by atoms with Gasteiger partial charge >= 0.3 is 0 Å². The Morgan fingerprint density at radius 2 is 1.90 bits per heavy atom. The average molecular weight is 133 g/mol. The van der Waals surface area contributed by atoms with E-state index in [1.54, 1.807) is 18.2 Å². The third-order valence-corrected chi connectivity index (χ3v) is 1.06. The molecule has 0 bridgehead atoms.